The highest BCUT2D eigenvalue weighted by Gasteiger charge is 2.29. The van der Waals surface area contributed by atoms with E-state index < -0.39 is 6.09 Å². The summed E-state index contributed by atoms with van der Waals surface area (Å²) in [6, 6.07) is 22.8. The summed E-state index contributed by atoms with van der Waals surface area (Å²) in [6.45, 7) is 0.288. The van der Waals surface area contributed by atoms with E-state index in [2.05, 4.69) is 29.6 Å². The van der Waals surface area contributed by atoms with Gasteiger partial charge in [-0.25, -0.2) is 9.18 Å². The molecular weight excluding hydrogens is 381 g/mol. The highest BCUT2D eigenvalue weighted by Crippen LogP contribution is 2.44. The third kappa shape index (κ3) is 4.21. The smallest absolute Gasteiger partial charge is 0.407 e. The summed E-state index contributed by atoms with van der Waals surface area (Å²) in [6.07, 6.45) is -0.198. The number of carbonyl (C=O) groups is 1. The lowest BCUT2D eigenvalue weighted by atomic mass is 9.98. The number of aliphatic hydroxyl groups is 1. The molecule has 1 atom stereocenters. The molecule has 0 fully saturated rings. The molecule has 3 aromatic rings. The van der Waals surface area contributed by atoms with Crippen LogP contribution in [-0.2, 0) is 11.2 Å². The van der Waals surface area contributed by atoms with E-state index in [1.165, 1.54) is 17.2 Å². The Morgan fingerprint density at radius 3 is 2.20 bits per heavy atom. The van der Waals surface area contributed by atoms with Gasteiger partial charge in [0.25, 0.3) is 0 Å². The Balaban J connectivity index is 1.34. The lowest BCUT2D eigenvalue weighted by molar-refractivity contribution is 0.138. The van der Waals surface area contributed by atoms with Crippen molar-refractivity contribution in [3.8, 4) is 11.1 Å². The fourth-order valence-electron chi connectivity index (χ4n) is 4.05. The van der Waals surface area contributed by atoms with Crippen LogP contribution in [0.4, 0.5) is 9.18 Å². The van der Waals surface area contributed by atoms with E-state index in [9.17, 15) is 14.3 Å². The summed E-state index contributed by atoms with van der Waals surface area (Å²) in [7, 11) is 0. The van der Waals surface area contributed by atoms with Crippen molar-refractivity contribution < 1.29 is 19.0 Å². The molecule has 1 amide bonds. The molecule has 0 radical (unpaired) electrons. The minimum absolute atomic E-state index is 0.00444. The van der Waals surface area contributed by atoms with Gasteiger partial charge in [-0.1, -0.05) is 66.7 Å². The molecule has 0 aromatic heterocycles. The maximum atomic E-state index is 13.8. The van der Waals surface area contributed by atoms with Crippen LogP contribution in [-0.4, -0.2) is 31.0 Å². The first-order chi connectivity index (χ1) is 14.7. The van der Waals surface area contributed by atoms with Gasteiger partial charge in [0.1, 0.15) is 12.4 Å². The number of carbonyl (C=O) groups excluding carboxylic acids is 1. The average Bonchev–Trinajstić information content (AvgIpc) is 3.10. The third-order valence-corrected chi connectivity index (χ3v) is 5.60. The Bertz CT molecular complexity index is 991. The summed E-state index contributed by atoms with van der Waals surface area (Å²) in [5.41, 5.74) is 5.17. The molecule has 1 aliphatic rings. The van der Waals surface area contributed by atoms with E-state index in [4.69, 9.17) is 4.74 Å². The maximum Gasteiger partial charge on any atom is 0.407 e. The predicted octanol–water partition coefficient (Wildman–Crippen LogP) is 4.52. The first kappa shape index (κ1) is 20.1. The molecule has 0 bridgehead atoms. The SMILES string of the molecule is O=C(NCC(CO)Cc1ccccc1F)OCC1c2ccccc2-c2ccccc21. The molecule has 0 heterocycles. The van der Waals surface area contributed by atoms with Crippen LogP contribution in [0.3, 0.4) is 0 Å². The van der Waals surface area contributed by atoms with Gasteiger partial charge in [-0.3, -0.25) is 0 Å². The minimum atomic E-state index is -0.538. The number of hydrogen-bond acceptors (Lipinski definition) is 3. The Hall–Kier alpha value is -3.18. The summed E-state index contributed by atoms with van der Waals surface area (Å²) in [4.78, 5) is 12.3. The predicted molar refractivity (Wildman–Crippen MR) is 114 cm³/mol. The molecule has 1 unspecified atom stereocenters. The van der Waals surface area contributed by atoms with Crippen molar-refractivity contribution in [3.05, 3.63) is 95.3 Å². The Morgan fingerprint density at radius 2 is 1.57 bits per heavy atom. The molecule has 4 rings (SSSR count). The van der Waals surface area contributed by atoms with Gasteiger partial charge < -0.3 is 15.2 Å². The zero-order valence-electron chi connectivity index (χ0n) is 16.6. The van der Waals surface area contributed by atoms with Crippen LogP contribution >= 0.6 is 0 Å². The van der Waals surface area contributed by atoms with Crippen molar-refractivity contribution in [3.63, 3.8) is 0 Å². The van der Waals surface area contributed by atoms with Gasteiger partial charge in [0.2, 0.25) is 0 Å². The van der Waals surface area contributed by atoms with Crippen LogP contribution < -0.4 is 5.32 Å². The maximum absolute atomic E-state index is 13.8. The van der Waals surface area contributed by atoms with Crippen LogP contribution in [0.2, 0.25) is 0 Å². The number of hydrogen-bond donors (Lipinski definition) is 2. The van der Waals surface area contributed by atoms with E-state index in [-0.39, 0.29) is 37.4 Å². The Labute approximate surface area is 175 Å². The molecule has 154 valence electrons. The average molecular weight is 405 g/mol. The van der Waals surface area contributed by atoms with Gasteiger partial charge in [0, 0.05) is 25.0 Å². The molecule has 30 heavy (non-hydrogen) atoms. The van der Waals surface area contributed by atoms with Gasteiger partial charge in [-0.15, -0.1) is 0 Å². The fourth-order valence-corrected chi connectivity index (χ4v) is 4.05. The lowest BCUT2D eigenvalue weighted by Crippen LogP contribution is -2.33. The van der Waals surface area contributed by atoms with Crippen LogP contribution in [0.25, 0.3) is 11.1 Å². The van der Waals surface area contributed by atoms with Crippen LogP contribution in [0.5, 0.6) is 0 Å². The van der Waals surface area contributed by atoms with Crippen molar-refractivity contribution >= 4 is 6.09 Å². The van der Waals surface area contributed by atoms with E-state index in [1.54, 1.807) is 18.2 Å². The van der Waals surface area contributed by atoms with Gasteiger partial charge in [-0.05, 0) is 40.3 Å². The summed E-state index contributed by atoms with van der Waals surface area (Å²) in [5.74, 6) is -0.602. The van der Waals surface area contributed by atoms with E-state index >= 15 is 0 Å². The molecule has 0 aliphatic heterocycles. The number of benzene rings is 3. The number of rotatable bonds is 7. The van der Waals surface area contributed by atoms with Crippen LogP contribution in [0.1, 0.15) is 22.6 Å². The molecule has 5 heteroatoms. The normalized spacial score (nSPS) is 13.4. The summed E-state index contributed by atoms with van der Waals surface area (Å²) in [5, 5.41) is 12.3. The second kappa shape index (κ2) is 9.09. The minimum Gasteiger partial charge on any atom is -0.449 e. The van der Waals surface area contributed by atoms with Gasteiger partial charge in [-0.2, -0.15) is 0 Å². The van der Waals surface area contributed by atoms with E-state index in [0.29, 0.717) is 12.0 Å². The quantitative estimate of drug-likeness (QED) is 0.608. The number of alkyl carbamates (subject to hydrolysis) is 1. The highest BCUT2D eigenvalue weighted by atomic mass is 19.1. The molecule has 0 spiro atoms. The van der Waals surface area contributed by atoms with Crippen molar-refractivity contribution in [1.29, 1.82) is 0 Å². The van der Waals surface area contributed by atoms with Crippen molar-refractivity contribution in [2.24, 2.45) is 5.92 Å². The topological polar surface area (TPSA) is 58.6 Å². The van der Waals surface area contributed by atoms with Crippen LogP contribution in [0, 0.1) is 11.7 Å². The molecule has 1 aliphatic carbocycles. The number of ether oxygens (including phenoxy) is 1. The number of halogens is 1. The first-order valence-corrected chi connectivity index (χ1v) is 10.1. The number of fused-ring (bicyclic) bond motifs is 3. The molecule has 3 aromatic carbocycles. The Kier molecular flexibility index (Phi) is 6.10. The van der Waals surface area contributed by atoms with Crippen molar-refractivity contribution in [2.75, 3.05) is 19.8 Å². The number of aliphatic hydroxyl groups excluding tert-OH is 1. The number of amides is 1. The monoisotopic (exact) mass is 405 g/mol. The standard InChI is InChI=1S/C25H24FNO3/c26-24-12-6-1-7-18(24)13-17(15-28)14-27-25(29)30-16-23-21-10-4-2-8-19(21)20-9-3-5-11-22(20)23/h1-12,17,23,28H,13-16H2,(H,27,29). The van der Waals surface area contributed by atoms with Crippen molar-refractivity contribution in [1.82, 2.24) is 5.32 Å². The molecule has 0 saturated heterocycles. The summed E-state index contributed by atoms with van der Waals surface area (Å²) >= 11 is 0. The van der Waals surface area contributed by atoms with E-state index in [1.807, 2.05) is 24.3 Å². The van der Waals surface area contributed by atoms with Gasteiger partial charge in [0.05, 0.1) is 0 Å². The molecule has 2 N–H and O–H groups in total. The zero-order chi connectivity index (χ0) is 20.9. The fraction of sp³-hybridized carbons (Fsp3) is 0.240. The molecule has 0 saturated carbocycles. The van der Waals surface area contributed by atoms with Gasteiger partial charge >= 0.3 is 6.09 Å². The zero-order valence-corrected chi connectivity index (χ0v) is 16.6. The molecular formula is C25H24FNO3. The second-order valence-electron chi connectivity index (χ2n) is 7.55. The largest absolute Gasteiger partial charge is 0.449 e. The third-order valence-electron chi connectivity index (χ3n) is 5.60. The molecule has 4 nitrogen and oxygen atoms in total. The Morgan fingerprint density at radius 1 is 0.967 bits per heavy atom. The second-order valence-corrected chi connectivity index (χ2v) is 7.55. The van der Waals surface area contributed by atoms with Gasteiger partial charge in [0.15, 0.2) is 0 Å². The van der Waals surface area contributed by atoms with E-state index in [0.717, 1.165) is 11.1 Å². The van der Waals surface area contributed by atoms with Crippen molar-refractivity contribution in [2.45, 2.75) is 12.3 Å². The van der Waals surface area contributed by atoms with Crippen LogP contribution in [0.15, 0.2) is 72.8 Å². The number of nitrogens with one attached hydrogen (secondary N) is 1. The lowest BCUT2D eigenvalue weighted by Gasteiger charge is -2.17. The summed E-state index contributed by atoms with van der Waals surface area (Å²) < 4.78 is 19.3. The highest BCUT2D eigenvalue weighted by molar-refractivity contribution is 5.79. The first-order valence-electron chi connectivity index (χ1n) is 10.1.